The van der Waals surface area contributed by atoms with E-state index < -0.39 is 0 Å². The molecule has 0 atom stereocenters. The summed E-state index contributed by atoms with van der Waals surface area (Å²) < 4.78 is 12.8. The molecule has 0 amide bonds. The summed E-state index contributed by atoms with van der Waals surface area (Å²) in [7, 11) is 1.64. The zero-order valence-electron chi connectivity index (χ0n) is 10.5. The maximum atomic E-state index is 5.73. The van der Waals surface area contributed by atoms with E-state index in [-0.39, 0.29) is 0 Å². The van der Waals surface area contributed by atoms with Crippen LogP contribution in [0, 0.1) is 0 Å². The fourth-order valence-electron chi connectivity index (χ4n) is 1.83. The number of aromatic nitrogens is 3. The van der Waals surface area contributed by atoms with E-state index in [0.717, 1.165) is 17.1 Å². The predicted molar refractivity (Wildman–Crippen MR) is 69.8 cm³/mol. The van der Waals surface area contributed by atoms with Crippen LogP contribution in [0.2, 0.25) is 0 Å². The number of imidazole rings is 1. The summed E-state index contributed by atoms with van der Waals surface area (Å²) in [5.41, 5.74) is 0.948. The zero-order valence-corrected chi connectivity index (χ0v) is 10.5. The van der Waals surface area contributed by atoms with Gasteiger partial charge in [0.15, 0.2) is 5.76 Å². The third-order valence-corrected chi connectivity index (χ3v) is 2.78. The topological polar surface area (TPSA) is 53.1 Å². The van der Waals surface area contributed by atoms with Crippen molar-refractivity contribution in [1.82, 2.24) is 14.5 Å². The van der Waals surface area contributed by atoms with Gasteiger partial charge in [-0.05, 0) is 12.1 Å². The molecule has 0 unspecified atom stereocenters. The lowest BCUT2D eigenvalue weighted by Gasteiger charge is -2.01. The molecule has 0 spiro atoms. The largest absolute Gasteiger partial charge is 0.497 e. The standard InChI is InChI=1S/C14H13N3O2/c1-18-12-4-2-3-11(7-12)13-8-16-14(19-13)9-17-6-5-15-10-17/h2-8,10H,9H2,1H3. The Bertz CT molecular complexity index is 659. The van der Waals surface area contributed by atoms with Crippen LogP contribution in [0.5, 0.6) is 5.75 Å². The molecular weight excluding hydrogens is 242 g/mol. The van der Waals surface area contributed by atoms with Crippen molar-refractivity contribution in [3.05, 3.63) is 55.1 Å². The van der Waals surface area contributed by atoms with Crippen LogP contribution in [0.1, 0.15) is 5.89 Å². The van der Waals surface area contributed by atoms with Gasteiger partial charge in [0.25, 0.3) is 0 Å². The molecule has 0 N–H and O–H groups in total. The average molecular weight is 255 g/mol. The van der Waals surface area contributed by atoms with Crippen molar-refractivity contribution in [2.45, 2.75) is 6.54 Å². The van der Waals surface area contributed by atoms with E-state index in [1.54, 1.807) is 25.8 Å². The maximum Gasteiger partial charge on any atom is 0.214 e. The third-order valence-electron chi connectivity index (χ3n) is 2.78. The van der Waals surface area contributed by atoms with Gasteiger partial charge in [0.1, 0.15) is 12.3 Å². The number of methoxy groups -OCH3 is 1. The van der Waals surface area contributed by atoms with Gasteiger partial charge >= 0.3 is 0 Å². The minimum Gasteiger partial charge on any atom is -0.497 e. The van der Waals surface area contributed by atoms with Gasteiger partial charge in [0.2, 0.25) is 5.89 Å². The molecule has 0 aliphatic rings. The number of benzene rings is 1. The van der Waals surface area contributed by atoms with Crippen LogP contribution < -0.4 is 4.74 Å². The summed E-state index contributed by atoms with van der Waals surface area (Å²) in [4.78, 5) is 8.25. The number of oxazole rings is 1. The lowest BCUT2D eigenvalue weighted by molar-refractivity contribution is 0.414. The minimum absolute atomic E-state index is 0.573. The highest BCUT2D eigenvalue weighted by atomic mass is 16.5. The van der Waals surface area contributed by atoms with E-state index in [0.29, 0.717) is 12.4 Å². The summed E-state index contributed by atoms with van der Waals surface area (Å²) in [6.45, 7) is 0.573. The molecule has 0 aliphatic heterocycles. The van der Waals surface area contributed by atoms with Crippen molar-refractivity contribution in [3.63, 3.8) is 0 Å². The number of hydrogen-bond donors (Lipinski definition) is 0. The van der Waals surface area contributed by atoms with Crippen molar-refractivity contribution in [3.8, 4) is 17.1 Å². The summed E-state index contributed by atoms with van der Waals surface area (Å²) in [5, 5.41) is 0. The normalized spacial score (nSPS) is 10.6. The summed E-state index contributed by atoms with van der Waals surface area (Å²) in [6.07, 6.45) is 7.05. The first-order valence-corrected chi connectivity index (χ1v) is 5.90. The second kappa shape index (κ2) is 4.97. The molecule has 2 heterocycles. The molecule has 3 aromatic rings. The van der Waals surface area contributed by atoms with Gasteiger partial charge in [-0.15, -0.1) is 0 Å². The highest BCUT2D eigenvalue weighted by Crippen LogP contribution is 2.24. The first kappa shape index (κ1) is 11.5. The molecule has 5 heteroatoms. The first-order valence-electron chi connectivity index (χ1n) is 5.90. The van der Waals surface area contributed by atoms with E-state index in [4.69, 9.17) is 9.15 Å². The van der Waals surface area contributed by atoms with Crippen LogP contribution >= 0.6 is 0 Å². The van der Waals surface area contributed by atoms with E-state index in [2.05, 4.69) is 9.97 Å². The average Bonchev–Trinajstić information content (AvgIpc) is 3.11. The SMILES string of the molecule is COc1cccc(-c2cnc(Cn3ccnc3)o2)c1. The fraction of sp³-hybridized carbons (Fsp3) is 0.143. The van der Waals surface area contributed by atoms with Gasteiger partial charge in [0, 0.05) is 18.0 Å². The molecule has 0 saturated carbocycles. The van der Waals surface area contributed by atoms with Crippen LogP contribution in [0.4, 0.5) is 0 Å². The number of hydrogen-bond acceptors (Lipinski definition) is 4. The Balaban J connectivity index is 1.84. The quantitative estimate of drug-likeness (QED) is 0.719. The molecule has 3 rings (SSSR count). The van der Waals surface area contributed by atoms with Crippen molar-refractivity contribution < 1.29 is 9.15 Å². The van der Waals surface area contributed by atoms with Gasteiger partial charge in [0.05, 0.1) is 19.6 Å². The zero-order chi connectivity index (χ0) is 13.1. The predicted octanol–water partition coefficient (Wildman–Crippen LogP) is 2.60. The molecule has 2 aromatic heterocycles. The minimum atomic E-state index is 0.573. The highest BCUT2D eigenvalue weighted by molar-refractivity contribution is 5.58. The molecule has 96 valence electrons. The number of nitrogens with zero attached hydrogens (tertiary/aromatic N) is 3. The van der Waals surface area contributed by atoms with Gasteiger partial charge in [-0.3, -0.25) is 0 Å². The van der Waals surface area contributed by atoms with Crippen molar-refractivity contribution in [1.29, 1.82) is 0 Å². The molecule has 0 saturated heterocycles. The van der Waals surface area contributed by atoms with Gasteiger partial charge < -0.3 is 13.7 Å². The summed E-state index contributed by atoms with van der Waals surface area (Å²) >= 11 is 0. The van der Waals surface area contributed by atoms with Gasteiger partial charge in [-0.25, -0.2) is 9.97 Å². The Morgan fingerprint density at radius 3 is 3.11 bits per heavy atom. The maximum absolute atomic E-state index is 5.73. The van der Waals surface area contributed by atoms with Crippen LogP contribution in [0.25, 0.3) is 11.3 Å². The Morgan fingerprint density at radius 1 is 1.37 bits per heavy atom. The number of ether oxygens (including phenoxy) is 1. The Kier molecular flexibility index (Phi) is 3.02. The molecule has 0 bridgehead atoms. The monoisotopic (exact) mass is 255 g/mol. The molecule has 5 nitrogen and oxygen atoms in total. The fourth-order valence-corrected chi connectivity index (χ4v) is 1.83. The van der Waals surface area contributed by atoms with Crippen molar-refractivity contribution in [2.24, 2.45) is 0 Å². The Labute approximate surface area is 110 Å². The van der Waals surface area contributed by atoms with Crippen LogP contribution in [0.3, 0.4) is 0 Å². The van der Waals surface area contributed by atoms with Gasteiger partial charge in [-0.2, -0.15) is 0 Å². The van der Waals surface area contributed by atoms with E-state index >= 15 is 0 Å². The van der Waals surface area contributed by atoms with Crippen LogP contribution in [-0.2, 0) is 6.54 Å². The molecule has 0 radical (unpaired) electrons. The third kappa shape index (κ3) is 2.49. The highest BCUT2D eigenvalue weighted by Gasteiger charge is 2.07. The van der Waals surface area contributed by atoms with E-state index in [9.17, 15) is 0 Å². The first-order chi connectivity index (χ1) is 9.35. The molecular formula is C14H13N3O2. The van der Waals surface area contributed by atoms with Crippen molar-refractivity contribution in [2.75, 3.05) is 7.11 Å². The second-order valence-electron chi connectivity index (χ2n) is 4.09. The van der Waals surface area contributed by atoms with Crippen molar-refractivity contribution >= 4 is 0 Å². The lowest BCUT2D eigenvalue weighted by atomic mass is 10.2. The van der Waals surface area contributed by atoms with Gasteiger partial charge in [-0.1, -0.05) is 12.1 Å². The summed E-state index contributed by atoms with van der Waals surface area (Å²) in [5.74, 6) is 2.18. The van der Waals surface area contributed by atoms with E-state index in [1.165, 1.54) is 0 Å². The Hall–Kier alpha value is -2.56. The summed E-state index contributed by atoms with van der Waals surface area (Å²) in [6, 6.07) is 7.70. The smallest absolute Gasteiger partial charge is 0.214 e. The Morgan fingerprint density at radius 2 is 2.32 bits per heavy atom. The van der Waals surface area contributed by atoms with Crippen LogP contribution in [0.15, 0.2) is 53.6 Å². The lowest BCUT2D eigenvalue weighted by Crippen LogP contribution is -1.95. The molecule has 19 heavy (non-hydrogen) atoms. The molecule has 1 aromatic carbocycles. The molecule has 0 fully saturated rings. The molecule has 0 aliphatic carbocycles. The number of rotatable bonds is 4. The van der Waals surface area contributed by atoms with Crippen LogP contribution in [-0.4, -0.2) is 21.6 Å². The van der Waals surface area contributed by atoms with E-state index in [1.807, 2.05) is 35.0 Å². The second-order valence-corrected chi connectivity index (χ2v) is 4.09.